The fourth-order valence-electron chi connectivity index (χ4n) is 1.27. The van der Waals surface area contributed by atoms with E-state index in [9.17, 15) is 9.59 Å². The maximum atomic E-state index is 11.3. The second-order valence-corrected chi connectivity index (χ2v) is 3.39. The van der Waals surface area contributed by atoms with Gasteiger partial charge in [0.1, 0.15) is 0 Å². The number of carboxylic acid groups (broad SMARTS) is 1. The van der Waals surface area contributed by atoms with Gasteiger partial charge in [-0.15, -0.1) is 6.58 Å². The standard InChI is InChI=1S/C12H14N2O3/c1-2-6-13-12(17)14-10-5-3-4-9(7-10)8-11(15)16/h2-5,7H,1,6,8H2,(H,15,16)(H2,13,14,17). The number of rotatable bonds is 5. The largest absolute Gasteiger partial charge is 0.481 e. The molecule has 0 fully saturated rings. The van der Waals surface area contributed by atoms with Crippen LogP contribution in [-0.4, -0.2) is 23.7 Å². The second kappa shape index (κ2) is 6.32. The number of benzene rings is 1. The van der Waals surface area contributed by atoms with Gasteiger partial charge in [-0.2, -0.15) is 0 Å². The fourth-order valence-corrected chi connectivity index (χ4v) is 1.27. The molecule has 0 atom stereocenters. The van der Waals surface area contributed by atoms with Crippen molar-refractivity contribution in [2.75, 3.05) is 11.9 Å². The Hall–Kier alpha value is -2.30. The van der Waals surface area contributed by atoms with E-state index in [1.807, 2.05) is 0 Å². The van der Waals surface area contributed by atoms with Crippen LogP contribution in [0.3, 0.4) is 0 Å². The number of urea groups is 1. The van der Waals surface area contributed by atoms with E-state index in [1.54, 1.807) is 30.3 Å². The van der Waals surface area contributed by atoms with Crippen LogP contribution in [0.25, 0.3) is 0 Å². The van der Waals surface area contributed by atoms with Gasteiger partial charge in [0.15, 0.2) is 0 Å². The van der Waals surface area contributed by atoms with E-state index in [0.717, 1.165) is 0 Å². The van der Waals surface area contributed by atoms with Gasteiger partial charge in [-0.05, 0) is 17.7 Å². The summed E-state index contributed by atoms with van der Waals surface area (Å²) in [5.74, 6) is -0.904. The van der Waals surface area contributed by atoms with E-state index in [4.69, 9.17) is 5.11 Å². The zero-order valence-corrected chi connectivity index (χ0v) is 9.27. The molecule has 0 bridgehead atoms. The number of anilines is 1. The first-order valence-electron chi connectivity index (χ1n) is 5.08. The summed E-state index contributed by atoms with van der Waals surface area (Å²) in [6, 6.07) is 6.36. The minimum Gasteiger partial charge on any atom is -0.481 e. The third kappa shape index (κ3) is 4.83. The third-order valence-electron chi connectivity index (χ3n) is 1.95. The maximum Gasteiger partial charge on any atom is 0.319 e. The van der Waals surface area contributed by atoms with Gasteiger partial charge < -0.3 is 15.7 Å². The van der Waals surface area contributed by atoms with Crippen molar-refractivity contribution in [3.8, 4) is 0 Å². The quantitative estimate of drug-likeness (QED) is 0.677. The topological polar surface area (TPSA) is 78.4 Å². The van der Waals surface area contributed by atoms with Gasteiger partial charge >= 0.3 is 12.0 Å². The molecule has 5 nitrogen and oxygen atoms in total. The molecule has 5 heteroatoms. The van der Waals surface area contributed by atoms with Gasteiger partial charge in [-0.1, -0.05) is 18.2 Å². The molecule has 0 aliphatic heterocycles. The van der Waals surface area contributed by atoms with Crippen LogP contribution in [0, 0.1) is 0 Å². The minimum atomic E-state index is -0.904. The van der Waals surface area contributed by atoms with Gasteiger partial charge in [0.05, 0.1) is 6.42 Å². The Morgan fingerprint density at radius 1 is 1.41 bits per heavy atom. The Balaban J connectivity index is 2.61. The van der Waals surface area contributed by atoms with E-state index >= 15 is 0 Å². The molecule has 0 heterocycles. The Labute approximate surface area is 99.1 Å². The van der Waals surface area contributed by atoms with E-state index in [0.29, 0.717) is 17.8 Å². The molecule has 0 saturated carbocycles. The summed E-state index contributed by atoms with van der Waals surface area (Å²) in [6.07, 6.45) is 1.50. The highest BCUT2D eigenvalue weighted by Crippen LogP contribution is 2.11. The van der Waals surface area contributed by atoms with Gasteiger partial charge in [0.2, 0.25) is 0 Å². The molecule has 0 aromatic heterocycles. The first-order valence-corrected chi connectivity index (χ1v) is 5.08. The van der Waals surface area contributed by atoms with E-state index in [2.05, 4.69) is 17.2 Å². The first kappa shape index (κ1) is 12.8. The number of carbonyl (C=O) groups is 2. The summed E-state index contributed by atoms with van der Waals surface area (Å²) in [7, 11) is 0. The van der Waals surface area contributed by atoms with Crippen LogP contribution in [0.5, 0.6) is 0 Å². The molecule has 1 aromatic carbocycles. The smallest absolute Gasteiger partial charge is 0.319 e. The van der Waals surface area contributed by atoms with Gasteiger partial charge in [0, 0.05) is 12.2 Å². The number of aliphatic carboxylic acids is 1. The zero-order chi connectivity index (χ0) is 12.7. The Bertz CT molecular complexity index is 430. The zero-order valence-electron chi connectivity index (χ0n) is 9.27. The molecule has 1 rings (SSSR count). The molecule has 0 unspecified atom stereocenters. The summed E-state index contributed by atoms with van der Waals surface area (Å²) in [6.45, 7) is 3.85. The molecule has 0 radical (unpaired) electrons. The van der Waals surface area contributed by atoms with Crippen molar-refractivity contribution in [1.82, 2.24) is 5.32 Å². The van der Waals surface area contributed by atoms with Crippen molar-refractivity contribution < 1.29 is 14.7 Å². The lowest BCUT2D eigenvalue weighted by molar-refractivity contribution is -0.136. The number of carbonyl (C=O) groups excluding carboxylic acids is 1. The van der Waals surface area contributed by atoms with E-state index < -0.39 is 5.97 Å². The van der Waals surface area contributed by atoms with Crippen molar-refractivity contribution in [2.45, 2.75) is 6.42 Å². The number of nitrogens with one attached hydrogen (secondary N) is 2. The maximum absolute atomic E-state index is 11.3. The Kier molecular flexibility index (Phi) is 4.75. The number of hydrogen-bond acceptors (Lipinski definition) is 2. The number of amides is 2. The number of hydrogen-bond donors (Lipinski definition) is 3. The van der Waals surface area contributed by atoms with Crippen molar-refractivity contribution >= 4 is 17.7 Å². The Morgan fingerprint density at radius 3 is 2.82 bits per heavy atom. The molecule has 3 N–H and O–H groups in total. The summed E-state index contributed by atoms with van der Waals surface area (Å²) >= 11 is 0. The lowest BCUT2D eigenvalue weighted by atomic mass is 10.1. The van der Waals surface area contributed by atoms with Crippen molar-refractivity contribution in [2.24, 2.45) is 0 Å². The van der Waals surface area contributed by atoms with Crippen LogP contribution in [0.2, 0.25) is 0 Å². The molecule has 2 amide bonds. The van der Waals surface area contributed by atoms with Crippen LogP contribution in [-0.2, 0) is 11.2 Å². The molecule has 1 aromatic rings. The molecule has 0 spiro atoms. The lowest BCUT2D eigenvalue weighted by Gasteiger charge is -2.07. The van der Waals surface area contributed by atoms with Crippen molar-refractivity contribution in [1.29, 1.82) is 0 Å². The molecular formula is C12H14N2O3. The molecule has 90 valence electrons. The average molecular weight is 234 g/mol. The third-order valence-corrected chi connectivity index (χ3v) is 1.95. The molecular weight excluding hydrogens is 220 g/mol. The lowest BCUT2D eigenvalue weighted by Crippen LogP contribution is -2.28. The van der Waals surface area contributed by atoms with E-state index in [1.165, 1.54) is 0 Å². The highest BCUT2D eigenvalue weighted by molar-refractivity contribution is 5.89. The highest BCUT2D eigenvalue weighted by atomic mass is 16.4. The van der Waals surface area contributed by atoms with Crippen LogP contribution < -0.4 is 10.6 Å². The summed E-state index contributed by atoms with van der Waals surface area (Å²) in [5, 5.41) is 13.8. The average Bonchev–Trinajstić information content (AvgIpc) is 2.26. The van der Waals surface area contributed by atoms with Gasteiger partial charge in [-0.3, -0.25) is 4.79 Å². The molecule has 0 aliphatic rings. The van der Waals surface area contributed by atoms with Crippen molar-refractivity contribution in [3.63, 3.8) is 0 Å². The van der Waals surface area contributed by atoms with Crippen LogP contribution in [0.1, 0.15) is 5.56 Å². The normalized spacial score (nSPS) is 9.41. The monoisotopic (exact) mass is 234 g/mol. The highest BCUT2D eigenvalue weighted by Gasteiger charge is 2.03. The molecule has 0 saturated heterocycles. The SMILES string of the molecule is C=CCNC(=O)Nc1cccc(CC(=O)O)c1. The van der Waals surface area contributed by atoms with Crippen LogP contribution in [0.15, 0.2) is 36.9 Å². The second-order valence-electron chi connectivity index (χ2n) is 3.39. The van der Waals surface area contributed by atoms with Gasteiger partial charge in [-0.25, -0.2) is 4.79 Å². The van der Waals surface area contributed by atoms with Crippen LogP contribution in [0.4, 0.5) is 10.5 Å². The Morgan fingerprint density at radius 2 is 2.18 bits per heavy atom. The summed E-state index contributed by atoms with van der Waals surface area (Å²) in [5.41, 5.74) is 1.20. The first-order chi connectivity index (χ1) is 8.11. The fraction of sp³-hybridized carbons (Fsp3) is 0.167. The van der Waals surface area contributed by atoms with Crippen LogP contribution >= 0.6 is 0 Å². The molecule has 17 heavy (non-hydrogen) atoms. The summed E-state index contributed by atoms with van der Waals surface area (Å²) in [4.78, 5) is 21.9. The number of carboxylic acids is 1. The summed E-state index contributed by atoms with van der Waals surface area (Å²) < 4.78 is 0. The van der Waals surface area contributed by atoms with Crippen molar-refractivity contribution in [3.05, 3.63) is 42.5 Å². The molecule has 0 aliphatic carbocycles. The predicted molar refractivity (Wildman–Crippen MR) is 65.0 cm³/mol. The van der Waals surface area contributed by atoms with E-state index in [-0.39, 0.29) is 12.5 Å². The van der Waals surface area contributed by atoms with Gasteiger partial charge in [0.25, 0.3) is 0 Å². The predicted octanol–water partition coefficient (Wildman–Crippen LogP) is 1.62. The minimum absolute atomic E-state index is 0.0657.